The average Bonchev–Trinajstić information content (AvgIpc) is 3.33. The minimum Gasteiger partial charge on any atom is -0.446 e. The predicted molar refractivity (Wildman–Crippen MR) is 158 cm³/mol. The highest BCUT2D eigenvalue weighted by atomic mass is 16.6. The number of aromatic amines is 1. The number of hydrogen-bond donors (Lipinski definition) is 3. The molecule has 0 bridgehead atoms. The Hall–Kier alpha value is -3.28. The van der Waals surface area contributed by atoms with Crippen LogP contribution in [0.25, 0.3) is 10.9 Å². The van der Waals surface area contributed by atoms with Crippen LogP contribution in [0, 0.1) is 0 Å². The SMILES string of the molecule is C[C@](Cc1c[nH]c2ccccc12)(NC(=O)OC1CCCCCCCCCCC1)C(=O)NCCc1ccccc1. The summed E-state index contributed by atoms with van der Waals surface area (Å²) in [5.74, 6) is -0.209. The molecule has 0 spiro atoms. The van der Waals surface area contributed by atoms with Gasteiger partial charge in [-0.2, -0.15) is 0 Å². The highest BCUT2D eigenvalue weighted by molar-refractivity contribution is 5.91. The molecule has 1 aromatic heterocycles. The van der Waals surface area contributed by atoms with Gasteiger partial charge in [-0.3, -0.25) is 4.79 Å². The van der Waals surface area contributed by atoms with Crippen molar-refractivity contribution in [2.24, 2.45) is 0 Å². The Kier molecular flexibility index (Phi) is 10.9. The second kappa shape index (κ2) is 14.8. The molecule has 3 aromatic rings. The summed E-state index contributed by atoms with van der Waals surface area (Å²) in [5.41, 5.74) is 1.99. The molecule has 2 aromatic carbocycles. The van der Waals surface area contributed by atoms with Crippen molar-refractivity contribution in [3.05, 3.63) is 71.9 Å². The Bertz CT molecular complexity index is 1160. The van der Waals surface area contributed by atoms with Crippen molar-refractivity contribution in [1.29, 1.82) is 0 Å². The third-order valence-corrected chi connectivity index (χ3v) is 7.97. The number of aromatic nitrogens is 1. The molecule has 3 N–H and O–H groups in total. The molecule has 0 unspecified atom stereocenters. The lowest BCUT2D eigenvalue weighted by Crippen LogP contribution is -2.58. The third-order valence-electron chi connectivity index (χ3n) is 7.97. The van der Waals surface area contributed by atoms with E-state index in [1.54, 1.807) is 6.92 Å². The summed E-state index contributed by atoms with van der Waals surface area (Å²) in [4.78, 5) is 30.2. The molecule has 0 radical (unpaired) electrons. The van der Waals surface area contributed by atoms with Crippen molar-refractivity contribution < 1.29 is 14.3 Å². The number of nitrogens with one attached hydrogen (secondary N) is 3. The van der Waals surface area contributed by atoms with Crippen LogP contribution < -0.4 is 10.6 Å². The Balaban J connectivity index is 1.43. The van der Waals surface area contributed by atoms with Crippen LogP contribution >= 0.6 is 0 Å². The van der Waals surface area contributed by atoms with Gasteiger partial charge >= 0.3 is 6.09 Å². The van der Waals surface area contributed by atoms with Gasteiger partial charge in [0, 0.05) is 30.1 Å². The number of amides is 2. The topological polar surface area (TPSA) is 83.2 Å². The quantitative estimate of drug-likeness (QED) is 0.287. The zero-order valence-electron chi connectivity index (χ0n) is 23.5. The maximum atomic E-state index is 13.6. The lowest BCUT2D eigenvalue weighted by molar-refractivity contribution is -0.127. The first-order valence-corrected chi connectivity index (χ1v) is 14.9. The van der Waals surface area contributed by atoms with Crippen molar-refractivity contribution in [1.82, 2.24) is 15.6 Å². The first-order valence-electron chi connectivity index (χ1n) is 14.9. The first kappa shape index (κ1) is 28.7. The number of carbonyl (C=O) groups excluding carboxylic acids is 2. The second-order valence-electron chi connectivity index (χ2n) is 11.3. The number of para-hydroxylation sites is 1. The molecule has 1 aliphatic rings. The maximum absolute atomic E-state index is 13.6. The van der Waals surface area contributed by atoms with E-state index in [0.29, 0.717) is 13.0 Å². The van der Waals surface area contributed by atoms with Crippen LogP contribution in [0.15, 0.2) is 60.8 Å². The molecule has 0 aliphatic heterocycles. The van der Waals surface area contributed by atoms with Crippen LogP contribution in [-0.2, 0) is 22.4 Å². The molecule has 6 heteroatoms. The number of rotatable bonds is 8. The molecule has 39 heavy (non-hydrogen) atoms. The molecule has 1 aliphatic carbocycles. The van der Waals surface area contributed by atoms with Crippen molar-refractivity contribution in [3.63, 3.8) is 0 Å². The number of hydrogen-bond acceptors (Lipinski definition) is 3. The number of carbonyl (C=O) groups is 2. The van der Waals surface area contributed by atoms with Crippen LogP contribution in [0.3, 0.4) is 0 Å². The van der Waals surface area contributed by atoms with Gasteiger partial charge in [-0.15, -0.1) is 0 Å². The van der Waals surface area contributed by atoms with Gasteiger partial charge in [0.05, 0.1) is 0 Å². The zero-order valence-corrected chi connectivity index (χ0v) is 23.5. The fourth-order valence-corrected chi connectivity index (χ4v) is 5.65. The highest BCUT2D eigenvalue weighted by Gasteiger charge is 2.37. The van der Waals surface area contributed by atoms with Gasteiger partial charge < -0.3 is 20.4 Å². The normalized spacial score (nSPS) is 17.4. The van der Waals surface area contributed by atoms with E-state index < -0.39 is 11.6 Å². The lowest BCUT2D eigenvalue weighted by atomic mass is 9.91. The number of H-pyrrole nitrogens is 1. The van der Waals surface area contributed by atoms with Gasteiger partial charge in [-0.05, 0) is 56.2 Å². The summed E-state index contributed by atoms with van der Waals surface area (Å²) >= 11 is 0. The van der Waals surface area contributed by atoms with E-state index in [4.69, 9.17) is 4.74 Å². The van der Waals surface area contributed by atoms with Gasteiger partial charge in [0.1, 0.15) is 11.6 Å². The summed E-state index contributed by atoms with van der Waals surface area (Å²) < 4.78 is 5.98. The van der Waals surface area contributed by atoms with Crippen LogP contribution in [0.1, 0.15) is 88.7 Å². The van der Waals surface area contributed by atoms with Crippen molar-refractivity contribution in [3.8, 4) is 0 Å². The number of fused-ring (bicyclic) bond motifs is 1. The Morgan fingerprint density at radius 1 is 0.872 bits per heavy atom. The van der Waals surface area contributed by atoms with Gasteiger partial charge in [0.15, 0.2) is 0 Å². The van der Waals surface area contributed by atoms with E-state index in [9.17, 15) is 9.59 Å². The number of benzene rings is 2. The molecule has 1 heterocycles. The summed E-state index contributed by atoms with van der Waals surface area (Å²) in [6.07, 6.45) is 15.1. The monoisotopic (exact) mass is 531 g/mol. The summed E-state index contributed by atoms with van der Waals surface area (Å²) in [6, 6.07) is 18.1. The molecular weight excluding hydrogens is 486 g/mol. The standard InChI is InChI=1S/C33H45N3O3/c1-33(24-27-25-35-30-21-15-14-20-29(27)30,31(37)34-23-22-26-16-10-9-11-17-26)36-32(38)39-28-18-12-7-5-3-2-4-6-8-13-19-28/h9-11,14-17,20-21,25,28,35H,2-8,12-13,18-19,22-24H2,1H3,(H,34,37)(H,36,38)/t33-/m1/s1. The van der Waals surface area contributed by atoms with Crippen molar-refractivity contribution in [2.45, 2.75) is 102 Å². The first-order chi connectivity index (χ1) is 19.0. The molecule has 2 amide bonds. The van der Waals surface area contributed by atoms with E-state index in [-0.39, 0.29) is 12.0 Å². The molecule has 6 nitrogen and oxygen atoms in total. The van der Waals surface area contributed by atoms with E-state index >= 15 is 0 Å². The van der Waals surface area contributed by atoms with Crippen molar-refractivity contribution in [2.75, 3.05) is 6.54 Å². The molecular formula is C33H45N3O3. The largest absolute Gasteiger partial charge is 0.446 e. The van der Waals surface area contributed by atoms with E-state index in [1.807, 2.05) is 48.7 Å². The smallest absolute Gasteiger partial charge is 0.408 e. The van der Waals surface area contributed by atoms with Crippen LogP contribution in [0.4, 0.5) is 4.79 Å². The van der Waals surface area contributed by atoms with E-state index in [2.05, 4.69) is 27.8 Å². The minimum atomic E-state index is -1.16. The predicted octanol–water partition coefficient (Wildman–Crippen LogP) is 7.23. The Morgan fingerprint density at radius 3 is 2.18 bits per heavy atom. The minimum absolute atomic E-state index is 0.108. The van der Waals surface area contributed by atoms with Gasteiger partial charge in [-0.25, -0.2) is 4.79 Å². The Labute approximate surface area is 233 Å². The second-order valence-corrected chi connectivity index (χ2v) is 11.3. The van der Waals surface area contributed by atoms with Crippen LogP contribution in [-0.4, -0.2) is 35.2 Å². The fourth-order valence-electron chi connectivity index (χ4n) is 5.65. The molecule has 210 valence electrons. The molecule has 1 saturated carbocycles. The van der Waals surface area contributed by atoms with Gasteiger partial charge in [0.2, 0.25) is 5.91 Å². The summed E-state index contributed by atoms with van der Waals surface area (Å²) in [5, 5.41) is 7.11. The van der Waals surface area contributed by atoms with Crippen LogP contribution in [0.2, 0.25) is 0 Å². The zero-order chi connectivity index (χ0) is 27.3. The molecule has 1 atom stereocenters. The Morgan fingerprint density at radius 2 is 1.49 bits per heavy atom. The molecule has 4 rings (SSSR count). The maximum Gasteiger partial charge on any atom is 0.408 e. The average molecular weight is 532 g/mol. The lowest BCUT2D eigenvalue weighted by Gasteiger charge is -2.30. The number of ether oxygens (including phenoxy) is 1. The van der Waals surface area contributed by atoms with Crippen LogP contribution in [0.5, 0.6) is 0 Å². The highest BCUT2D eigenvalue weighted by Crippen LogP contribution is 2.24. The fraction of sp³-hybridized carbons (Fsp3) is 0.515. The summed E-state index contributed by atoms with van der Waals surface area (Å²) in [7, 11) is 0. The molecule has 1 fully saturated rings. The third kappa shape index (κ3) is 8.87. The number of alkyl carbamates (subject to hydrolysis) is 1. The van der Waals surface area contributed by atoms with Gasteiger partial charge in [0.25, 0.3) is 0 Å². The summed E-state index contributed by atoms with van der Waals surface area (Å²) in [6.45, 7) is 2.29. The van der Waals surface area contributed by atoms with Crippen molar-refractivity contribution >= 4 is 22.9 Å². The van der Waals surface area contributed by atoms with E-state index in [0.717, 1.165) is 54.1 Å². The van der Waals surface area contributed by atoms with Gasteiger partial charge in [-0.1, -0.05) is 93.5 Å². The van der Waals surface area contributed by atoms with E-state index in [1.165, 1.54) is 44.9 Å². The molecule has 0 saturated heterocycles.